The van der Waals surface area contributed by atoms with Crippen LogP contribution in [0.15, 0.2) is 35.1 Å². The van der Waals surface area contributed by atoms with Gasteiger partial charge in [0.1, 0.15) is 10.4 Å². The van der Waals surface area contributed by atoms with Crippen LogP contribution in [0.3, 0.4) is 0 Å². The average Bonchev–Trinajstić information content (AvgIpc) is 2.49. The van der Waals surface area contributed by atoms with E-state index in [2.05, 4.69) is 20.9 Å². The molecule has 0 spiro atoms. The number of imidazole rings is 1. The lowest BCUT2D eigenvalue weighted by atomic mass is 10.3. The molecule has 2 rings (SSSR count). The zero-order valence-corrected chi connectivity index (χ0v) is 9.26. The van der Waals surface area contributed by atoms with E-state index in [4.69, 9.17) is 11.6 Å². The number of benzene rings is 1. The second-order valence-corrected chi connectivity index (χ2v) is 3.81. The van der Waals surface area contributed by atoms with Crippen molar-refractivity contribution >= 4 is 27.5 Å². The minimum atomic E-state index is -0.277. The third-order valence-electron chi connectivity index (χ3n) is 1.76. The van der Waals surface area contributed by atoms with Gasteiger partial charge in [0, 0.05) is 5.69 Å². The second kappa shape index (κ2) is 3.71. The van der Waals surface area contributed by atoms with Crippen LogP contribution in [0.25, 0.3) is 5.69 Å². The third-order valence-corrected chi connectivity index (χ3v) is 2.59. The molecule has 2 nitrogen and oxygen atoms in total. The standard InChI is InChI=1S/C9H5BrClFN2/c10-8-5-13-9(11)14(8)7-3-1-6(12)2-4-7/h1-5H. The molecule has 2 aromatic rings. The van der Waals surface area contributed by atoms with Crippen LogP contribution in [-0.2, 0) is 0 Å². The highest BCUT2D eigenvalue weighted by Gasteiger charge is 2.07. The topological polar surface area (TPSA) is 17.8 Å². The lowest BCUT2D eigenvalue weighted by molar-refractivity contribution is 0.627. The average molecular weight is 276 g/mol. The Morgan fingerprint density at radius 3 is 2.43 bits per heavy atom. The van der Waals surface area contributed by atoms with E-state index in [-0.39, 0.29) is 5.82 Å². The Balaban J connectivity index is 2.54. The van der Waals surface area contributed by atoms with Gasteiger partial charge in [0.25, 0.3) is 0 Å². The summed E-state index contributed by atoms with van der Waals surface area (Å²) in [5.41, 5.74) is 0.765. The Labute approximate surface area is 93.5 Å². The van der Waals surface area contributed by atoms with E-state index in [1.807, 2.05) is 0 Å². The largest absolute Gasteiger partial charge is 0.277 e. The number of hydrogen-bond donors (Lipinski definition) is 0. The minimum Gasteiger partial charge on any atom is -0.277 e. The number of hydrogen-bond acceptors (Lipinski definition) is 1. The summed E-state index contributed by atoms with van der Waals surface area (Å²) in [6.45, 7) is 0. The molecule has 1 aromatic heterocycles. The van der Waals surface area contributed by atoms with Gasteiger partial charge in [-0.15, -0.1) is 0 Å². The summed E-state index contributed by atoms with van der Waals surface area (Å²) in [4.78, 5) is 3.90. The highest BCUT2D eigenvalue weighted by atomic mass is 79.9. The van der Waals surface area contributed by atoms with Gasteiger partial charge < -0.3 is 0 Å². The van der Waals surface area contributed by atoms with Crippen LogP contribution in [0.1, 0.15) is 0 Å². The van der Waals surface area contributed by atoms with Crippen molar-refractivity contribution < 1.29 is 4.39 Å². The normalized spacial score (nSPS) is 10.5. The fraction of sp³-hybridized carbons (Fsp3) is 0. The van der Waals surface area contributed by atoms with Gasteiger partial charge in [0.15, 0.2) is 0 Å². The van der Waals surface area contributed by atoms with Crippen LogP contribution < -0.4 is 0 Å². The molecule has 0 fully saturated rings. The van der Waals surface area contributed by atoms with Crippen molar-refractivity contribution in [2.45, 2.75) is 0 Å². The molecule has 0 unspecified atom stereocenters. The Morgan fingerprint density at radius 2 is 1.93 bits per heavy atom. The summed E-state index contributed by atoms with van der Waals surface area (Å²) in [5.74, 6) is -0.277. The molecule has 0 amide bonds. The maximum absolute atomic E-state index is 12.7. The van der Waals surface area contributed by atoms with Crippen LogP contribution in [-0.4, -0.2) is 9.55 Å². The maximum atomic E-state index is 12.7. The Morgan fingerprint density at radius 1 is 1.29 bits per heavy atom. The third kappa shape index (κ3) is 1.67. The highest BCUT2D eigenvalue weighted by Crippen LogP contribution is 2.22. The Hall–Kier alpha value is -0.870. The summed E-state index contributed by atoms with van der Waals surface area (Å²) in [6, 6.07) is 6.01. The van der Waals surface area contributed by atoms with Crippen LogP contribution in [0.2, 0.25) is 5.28 Å². The van der Waals surface area contributed by atoms with Gasteiger partial charge in [-0.3, -0.25) is 4.57 Å². The molecule has 0 radical (unpaired) electrons. The minimum absolute atomic E-state index is 0.277. The van der Waals surface area contributed by atoms with Crippen LogP contribution in [0, 0.1) is 5.82 Å². The van der Waals surface area contributed by atoms with Gasteiger partial charge in [-0.1, -0.05) is 0 Å². The molecule has 1 heterocycles. The molecule has 0 bridgehead atoms. The first-order valence-corrected chi connectivity index (χ1v) is 5.00. The molecule has 0 aliphatic carbocycles. The van der Waals surface area contributed by atoms with Crippen molar-refractivity contribution in [3.8, 4) is 5.69 Å². The second-order valence-electron chi connectivity index (χ2n) is 2.66. The predicted octanol–water partition coefficient (Wildman–Crippen LogP) is 3.43. The summed E-state index contributed by atoms with van der Waals surface area (Å²) in [6.07, 6.45) is 1.59. The monoisotopic (exact) mass is 274 g/mol. The zero-order valence-electron chi connectivity index (χ0n) is 6.92. The molecule has 0 N–H and O–H groups in total. The molecule has 5 heteroatoms. The first-order chi connectivity index (χ1) is 6.68. The van der Waals surface area contributed by atoms with E-state index in [1.165, 1.54) is 12.1 Å². The van der Waals surface area contributed by atoms with Crippen molar-refractivity contribution in [2.75, 3.05) is 0 Å². The van der Waals surface area contributed by atoms with E-state index in [0.29, 0.717) is 5.28 Å². The first-order valence-electron chi connectivity index (χ1n) is 3.83. The van der Waals surface area contributed by atoms with Crippen molar-refractivity contribution in [1.82, 2.24) is 9.55 Å². The highest BCUT2D eigenvalue weighted by molar-refractivity contribution is 9.10. The van der Waals surface area contributed by atoms with Gasteiger partial charge in [0.2, 0.25) is 5.28 Å². The van der Waals surface area contributed by atoms with E-state index in [0.717, 1.165) is 10.3 Å². The molecule has 0 aliphatic rings. The van der Waals surface area contributed by atoms with Crippen molar-refractivity contribution in [3.05, 3.63) is 46.2 Å². The zero-order chi connectivity index (χ0) is 10.1. The first kappa shape index (κ1) is 9.68. The van der Waals surface area contributed by atoms with Gasteiger partial charge in [-0.2, -0.15) is 0 Å². The number of rotatable bonds is 1. The number of aromatic nitrogens is 2. The smallest absolute Gasteiger partial charge is 0.208 e. The molecule has 0 atom stereocenters. The Kier molecular flexibility index (Phi) is 2.56. The maximum Gasteiger partial charge on any atom is 0.208 e. The molecule has 0 saturated heterocycles. The van der Waals surface area contributed by atoms with E-state index in [1.54, 1.807) is 22.9 Å². The van der Waals surface area contributed by atoms with Crippen LogP contribution in [0.4, 0.5) is 4.39 Å². The van der Waals surface area contributed by atoms with E-state index >= 15 is 0 Å². The summed E-state index contributed by atoms with van der Waals surface area (Å²) < 4.78 is 15.1. The SMILES string of the molecule is Fc1ccc(-n2c(Br)cnc2Cl)cc1. The predicted molar refractivity (Wildman–Crippen MR) is 56.2 cm³/mol. The fourth-order valence-electron chi connectivity index (χ4n) is 1.13. The van der Waals surface area contributed by atoms with Gasteiger partial charge in [-0.05, 0) is 51.8 Å². The molecular formula is C9H5BrClFN2. The molecule has 0 saturated carbocycles. The van der Waals surface area contributed by atoms with Crippen LogP contribution in [0.5, 0.6) is 0 Å². The van der Waals surface area contributed by atoms with Gasteiger partial charge >= 0.3 is 0 Å². The van der Waals surface area contributed by atoms with E-state index < -0.39 is 0 Å². The molecule has 0 aliphatic heterocycles. The van der Waals surface area contributed by atoms with Gasteiger partial charge in [-0.25, -0.2) is 9.37 Å². The molecule has 14 heavy (non-hydrogen) atoms. The summed E-state index contributed by atoms with van der Waals surface area (Å²) in [7, 11) is 0. The number of nitrogens with zero attached hydrogens (tertiary/aromatic N) is 2. The molecule has 1 aromatic carbocycles. The molecule has 72 valence electrons. The lowest BCUT2D eigenvalue weighted by Crippen LogP contribution is -1.94. The van der Waals surface area contributed by atoms with Crippen molar-refractivity contribution in [3.63, 3.8) is 0 Å². The van der Waals surface area contributed by atoms with Crippen molar-refractivity contribution in [1.29, 1.82) is 0 Å². The van der Waals surface area contributed by atoms with E-state index in [9.17, 15) is 4.39 Å². The molecular weight excluding hydrogens is 270 g/mol. The lowest BCUT2D eigenvalue weighted by Gasteiger charge is -2.04. The Bertz CT molecular complexity index is 433. The number of halogens is 3. The fourth-order valence-corrected chi connectivity index (χ4v) is 1.94. The summed E-state index contributed by atoms with van der Waals surface area (Å²) in [5, 5.41) is 0.337. The summed E-state index contributed by atoms with van der Waals surface area (Å²) >= 11 is 9.14. The quantitative estimate of drug-likeness (QED) is 0.780. The van der Waals surface area contributed by atoms with Gasteiger partial charge in [0.05, 0.1) is 6.20 Å². The van der Waals surface area contributed by atoms with Crippen molar-refractivity contribution in [2.24, 2.45) is 0 Å². The van der Waals surface area contributed by atoms with Crippen LogP contribution >= 0.6 is 27.5 Å².